The summed E-state index contributed by atoms with van der Waals surface area (Å²) in [6.45, 7) is 0.707. The van der Waals surface area contributed by atoms with Gasteiger partial charge in [0.1, 0.15) is 4.21 Å². The van der Waals surface area contributed by atoms with Crippen molar-refractivity contribution in [2.24, 2.45) is 0 Å². The number of halogens is 3. The van der Waals surface area contributed by atoms with Gasteiger partial charge in [-0.25, -0.2) is 16.8 Å². The van der Waals surface area contributed by atoms with Crippen molar-refractivity contribution in [1.82, 2.24) is 4.31 Å². The Morgan fingerprint density at radius 2 is 1.59 bits per heavy atom. The van der Waals surface area contributed by atoms with Gasteiger partial charge in [0, 0.05) is 25.3 Å². The minimum atomic E-state index is -4.89. The van der Waals surface area contributed by atoms with E-state index in [2.05, 4.69) is 0 Å². The van der Waals surface area contributed by atoms with Crippen molar-refractivity contribution in [2.75, 3.05) is 30.3 Å². The molecule has 37 heavy (non-hydrogen) atoms. The van der Waals surface area contributed by atoms with Gasteiger partial charge < -0.3 is 10.0 Å². The largest absolute Gasteiger partial charge is 0.421 e. The molecule has 2 heterocycles. The molecule has 1 N–H and O–H groups in total. The van der Waals surface area contributed by atoms with E-state index in [1.807, 2.05) is 0 Å². The number of piperazine rings is 1. The fourth-order valence-corrected chi connectivity index (χ4v) is 8.35. The number of aliphatic hydroxyl groups is 1. The first kappa shape index (κ1) is 27.6. The molecule has 3 aromatic rings. The summed E-state index contributed by atoms with van der Waals surface area (Å²) >= 11 is 1.06. The molecule has 0 saturated carbocycles. The van der Waals surface area contributed by atoms with Crippen LogP contribution in [0.3, 0.4) is 0 Å². The lowest BCUT2D eigenvalue weighted by Crippen LogP contribution is -2.57. The topological polar surface area (TPSA) is 95.0 Å². The predicted molar refractivity (Wildman–Crippen MR) is 135 cm³/mol. The molecule has 0 radical (unpaired) electrons. The van der Waals surface area contributed by atoms with Crippen LogP contribution in [0.5, 0.6) is 0 Å². The highest BCUT2D eigenvalue weighted by molar-refractivity contribution is 7.91. The van der Waals surface area contributed by atoms with Gasteiger partial charge in [-0.05, 0) is 48.2 Å². The zero-order valence-electron chi connectivity index (χ0n) is 19.7. The summed E-state index contributed by atoms with van der Waals surface area (Å²) < 4.78 is 93.9. The molecule has 4 rings (SSSR count). The van der Waals surface area contributed by atoms with E-state index in [1.165, 1.54) is 34.6 Å². The van der Waals surface area contributed by atoms with Crippen LogP contribution in [0, 0.1) is 0 Å². The smallest absolute Gasteiger partial charge is 0.376 e. The first-order valence-corrected chi connectivity index (χ1v) is 15.2. The van der Waals surface area contributed by atoms with Crippen molar-refractivity contribution in [3.63, 3.8) is 0 Å². The van der Waals surface area contributed by atoms with Crippen molar-refractivity contribution in [3.8, 4) is 0 Å². The molecule has 1 fully saturated rings. The quantitative estimate of drug-likeness (QED) is 0.461. The Kier molecular flexibility index (Phi) is 7.47. The number of nitrogens with zero attached hydrogens (tertiary/aromatic N) is 2. The van der Waals surface area contributed by atoms with Gasteiger partial charge in [0.05, 0.1) is 16.7 Å². The fraction of sp³-hybridized carbons (Fsp3) is 0.333. The van der Waals surface area contributed by atoms with Gasteiger partial charge in [0.2, 0.25) is 0 Å². The molecule has 1 aliphatic rings. The number of benzene rings is 2. The first-order chi connectivity index (χ1) is 17.2. The fourth-order valence-electron chi connectivity index (χ4n) is 4.18. The minimum Gasteiger partial charge on any atom is -0.376 e. The third-order valence-corrected chi connectivity index (χ3v) is 11.4. The molecular weight excluding hydrogens is 549 g/mol. The molecule has 0 bridgehead atoms. The maximum absolute atomic E-state index is 13.3. The molecule has 1 saturated heterocycles. The maximum atomic E-state index is 13.3. The van der Waals surface area contributed by atoms with Gasteiger partial charge in [-0.1, -0.05) is 36.4 Å². The van der Waals surface area contributed by atoms with Gasteiger partial charge >= 0.3 is 6.18 Å². The summed E-state index contributed by atoms with van der Waals surface area (Å²) in [5.74, 6) is -0.407. The molecule has 0 spiro atoms. The lowest BCUT2D eigenvalue weighted by atomic mass is 9.95. The number of thiophene rings is 1. The van der Waals surface area contributed by atoms with E-state index < -0.39 is 43.4 Å². The molecule has 0 amide bonds. The number of hydrogen-bond acceptors (Lipinski definition) is 7. The van der Waals surface area contributed by atoms with Crippen LogP contribution >= 0.6 is 11.3 Å². The lowest BCUT2D eigenvalue weighted by molar-refractivity contribution is -0.258. The molecule has 0 unspecified atom stereocenters. The van der Waals surface area contributed by atoms with Crippen molar-refractivity contribution >= 4 is 36.9 Å². The van der Waals surface area contributed by atoms with E-state index in [0.717, 1.165) is 23.5 Å². The van der Waals surface area contributed by atoms with Crippen molar-refractivity contribution in [2.45, 2.75) is 33.8 Å². The SMILES string of the molecule is C[C@@](O)(c1ccc(N2CCN(S(=O)(=O)c3cccs3)C[C@@H]2CS(=O)(=O)c2ccccc2)cc1)C(F)(F)F. The Hall–Kier alpha value is -2.45. The normalized spacial score (nSPS) is 19.5. The monoisotopic (exact) mass is 574 g/mol. The highest BCUT2D eigenvalue weighted by Crippen LogP contribution is 2.39. The second kappa shape index (κ2) is 10.0. The van der Waals surface area contributed by atoms with Gasteiger partial charge in [0.15, 0.2) is 15.4 Å². The second-order valence-corrected chi connectivity index (χ2v) is 14.0. The van der Waals surface area contributed by atoms with Gasteiger partial charge in [0.25, 0.3) is 10.0 Å². The summed E-state index contributed by atoms with van der Waals surface area (Å²) in [4.78, 5) is 1.78. The standard InChI is InChI=1S/C24H25F3N2O5S3/c1-23(30,24(25,26)27)18-9-11-19(12-10-18)29-14-13-28(37(33,34)22-8-5-15-35-22)16-20(29)17-36(31,32)21-6-3-2-4-7-21/h2-12,15,20,30H,13-14,16-17H2,1H3/t20-,23-/m1/s1. The lowest BCUT2D eigenvalue weighted by Gasteiger charge is -2.42. The third-order valence-electron chi connectivity index (χ3n) is 6.36. The number of sulfone groups is 1. The second-order valence-electron chi connectivity index (χ2n) is 8.85. The van der Waals surface area contributed by atoms with E-state index in [4.69, 9.17) is 0 Å². The minimum absolute atomic E-state index is 0.0597. The summed E-state index contributed by atoms with van der Waals surface area (Å²) in [6.07, 6.45) is -4.89. The van der Waals surface area contributed by atoms with E-state index in [-0.39, 0.29) is 34.3 Å². The average Bonchev–Trinajstić information content (AvgIpc) is 3.40. The van der Waals surface area contributed by atoms with Crippen LogP contribution in [-0.4, -0.2) is 63.9 Å². The molecule has 7 nitrogen and oxygen atoms in total. The molecule has 13 heteroatoms. The number of alkyl halides is 3. The van der Waals surface area contributed by atoms with Crippen LogP contribution in [0.2, 0.25) is 0 Å². The molecule has 2 aromatic carbocycles. The van der Waals surface area contributed by atoms with Crippen LogP contribution < -0.4 is 4.90 Å². The molecule has 200 valence electrons. The van der Waals surface area contributed by atoms with Crippen molar-refractivity contribution in [1.29, 1.82) is 0 Å². The number of anilines is 1. The Bertz CT molecular complexity index is 1420. The van der Waals surface area contributed by atoms with Gasteiger partial charge in [-0.15, -0.1) is 11.3 Å². The van der Waals surface area contributed by atoms with Crippen LogP contribution in [0.4, 0.5) is 18.9 Å². The molecule has 0 aliphatic carbocycles. The molecule has 1 aromatic heterocycles. The van der Waals surface area contributed by atoms with Crippen LogP contribution in [0.15, 0.2) is 81.2 Å². The Balaban J connectivity index is 1.67. The van der Waals surface area contributed by atoms with E-state index in [0.29, 0.717) is 12.6 Å². The summed E-state index contributed by atoms with van der Waals surface area (Å²) in [5.41, 5.74) is -3.01. The average molecular weight is 575 g/mol. The Labute approximate surface area is 217 Å². The number of rotatable bonds is 7. The van der Waals surface area contributed by atoms with Gasteiger partial charge in [-0.2, -0.15) is 17.5 Å². The highest BCUT2D eigenvalue weighted by Gasteiger charge is 2.51. The van der Waals surface area contributed by atoms with Crippen LogP contribution in [-0.2, 0) is 25.5 Å². The summed E-state index contributed by atoms with van der Waals surface area (Å²) in [6, 6.07) is 15.1. The van der Waals surface area contributed by atoms with Crippen molar-refractivity contribution in [3.05, 3.63) is 77.7 Å². The summed E-state index contributed by atoms with van der Waals surface area (Å²) in [7, 11) is -7.67. The zero-order chi connectivity index (χ0) is 27.1. The Morgan fingerprint density at radius 1 is 0.946 bits per heavy atom. The number of hydrogen-bond donors (Lipinski definition) is 1. The van der Waals surface area contributed by atoms with Gasteiger partial charge in [-0.3, -0.25) is 0 Å². The molecule has 2 atom stereocenters. The molecular formula is C24H25F3N2O5S3. The summed E-state index contributed by atoms with van der Waals surface area (Å²) in [5, 5.41) is 11.6. The first-order valence-electron chi connectivity index (χ1n) is 11.2. The predicted octanol–water partition coefficient (Wildman–Crippen LogP) is 3.87. The maximum Gasteiger partial charge on any atom is 0.421 e. The van der Waals surface area contributed by atoms with E-state index in [9.17, 15) is 35.1 Å². The van der Waals surface area contributed by atoms with E-state index in [1.54, 1.807) is 34.5 Å². The number of sulfonamides is 1. The molecule has 1 aliphatic heterocycles. The van der Waals surface area contributed by atoms with E-state index >= 15 is 0 Å². The third kappa shape index (κ3) is 5.55. The van der Waals surface area contributed by atoms with Crippen LogP contribution in [0.1, 0.15) is 12.5 Å². The highest BCUT2D eigenvalue weighted by atomic mass is 32.2. The van der Waals surface area contributed by atoms with Crippen molar-refractivity contribution < 1.29 is 35.1 Å². The zero-order valence-corrected chi connectivity index (χ0v) is 22.1. The Morgan fingerprint density at radius 3 is 2.16 bits per heavy atom. The van der Waals surface area contributed by atoms with Crippen LogP contribution in [0.25, 0.3) is 0 Å².